The molecule has 1 rings (SSSR count). The van der Waals surface area contributed by atoms with Crippen molar-refractivity contribution in [2.24, 2.45) is 0 Å². The van der Waals surface area contributed by atoms with Gasteiger partial charge in [-0.15, -0.1) is 0 Å². The number of aliphatic hydroxyl groups is 1. The Labute approximate surface area is 109 Å². The number of carbonyl (C=O) groups excluding carboxylic acids is 2. The molecule has 0 saturated heterocycles. The molecule has 0 heterocycles. The second kappa shape index (κ2) is 6.07. The Hall–Kier alpha value is -2.01. The number of aliphatic hydroxyl groups excluding tert-OH is 1. The number of halogens is 1. The smallest absolute Gasteiger partial charge is 0.378 e. The SMILES string of the molecule is COC(=O)C(=O)/C=C(\O)c1cc(Cl)ccc1OC. The van der Waals surface area contributed by atoms with E-state index in [-0.39, 0.29) is 5.56 Å². The van der Waals surface area contributed by atoms with E-state index in [1.807, 2.05) is 0 Å². The number of esters is 1. The molecule has 0 radical (unpaired) electrons. The summed E-state index contributed by atoms with van der Waals surface area (Å²) >= 11 is 5.77. The lowest BCUT2D eigenvalue weighted by Gasteiger charge is -2.07. The Kier molecular flexibility index (Phi) is 4.74. The first kappa shape index (κ1) is 14.1. The summed E-state index contributed by atoms with van der Waals surface area (Å²) in [7, 11) is 2.48. The molecule has 96 valence electrons. The predicted octanol–water partition coefficient (Wildman–Crippen LogP) is 1.99. The second-order valence-electron chi connectivity index (χ2n) is 3.23. The van der Waals surface area contributed by atoms with Crippen molar-refractivity contribution in [3.63, 3.8) is 0 Å². The first-order valence-electron chi connectivity index (χ1n) is 4.86. The number of ketones is 1. The highest BCUT2D eigenvalue weighted by atomic mass is 35.5. The van der Waals surface area contributed by atoms with Gasteiger partial charge in [-0.05, 0) is 18.2 Å². The van der Waals surface area contributed by atoms with Crippen molar-refractivity contribution in [3.05, 3.63) is 34.9 Å². The van der Waals surface area contributed by atoms with Gasteiger partial charge < -0.3 is 14.6 Å². The summed E-state index contributed by atoms with van der Waals surface area (Å²) in [5, 5.41) is 10.1. The fraction of sp³-hybridized carbons (Fsp3) is 0.167. The molecular formula is C12H11ClO5. The largest absolute Gasteiger partial charge is 0.507 e. The van der Waals surface area contributed by atoms with Crippen LogP contribution in [-0.2, 0) is 14.3 Å². The van der Waals surface area contributed by atoms with Gasteiger partial charge in [-0.3, -0.25) is 4.79 Å². The van der Waals surface area contributed by atoms with Gasteiger partial charge in [0.1, 0.15) is 11.5 Å². The van der Waals surface area contributed by atoms with Gasteiger partial charge in [-0.25, -0.2) is 4.79 Å². The molecule has 0 unspecified atom stereocenters. The highest BCUT2D eigenvalue weighted by Gasteiger charge is 2.15. The molecule has 1 aromatic carbocycles. The third kappa shape index (κ3) is 3.24. The molecule has 1 aromatic rings. The molecule has 0 amide bonds. The van der Waals surface area contributed by atoms with E-state index in [0.29, 0.717) is 10.8 Å². The number of hydrogen-bond donors (Lipinski definition) is 1. The molecular weight excluding hydrogens is 260 g/mol. The predicted molar refractivity (Wildman–Crippen MR) is 65.6 cm³/mol. The van der Waals surface area contributed by atoms with Crippen molar-refractivity contribution < 1.29 is 24.2 Å². The molecule has 0 aliphatic carbocycles. The van der Waals surface area contributed by atoms with Crippen LogP contribution in [0, 0.1) is 0 Å². The molecule has 0 saturated carbocycles. The first-order chi connectivity index (χ1) is 8.49. The Bertz CT molecular complexity index is 507. The molecule has 0 bridgehead atoms. The molecule has 0 spiro atoms. The Morgan fingerprint density at radius 1 is 1.33 bits per heavy atom. The van der Waals surface area contributed by atoms with Crippen LogP contribution in [0.5, 0.6) is 5.75 Å². The molecule has 0 fully saturated rings. The molecule has 0 atom stereocenters. The molecule has 18 heavy (non-hydrogen) atoms. The molecule has 1 N–H and O–H groups in total. The van der Waals surface area contributed by atoms with Crippen molar-refractivity contribution >= 4 is 29.1 Å². The minimum atomic E-state index is -1.07. The average Bonchev–Trinajstić information content (AvgIpc) is 2.37. The van der Waals surface area contributed by atoms with E-state index in [1.54, 1.807) is 6.07 Å². The van der Waals surface area contributed by atoms with E-state index in [9.17, 15) is 14.7 Å². The molecule has 0 aromatic heterocycles. The summed E-state index contributed by atoms with van der Waals surface area (Å²) in [6.07, 6.45) is 0.750. The summed E-state index contributed by atoms with van der Waals surface area (Å²) in [4.78, 5) is 22.2. The number of methoxy groups -OCH3 is 2. The highest BCUT2D eigenvalue weighted by molar-refractivity contribution is 6.39. The van der Waals surface area contributed by atoms with Gasteiger partial charge in [0.2, 0.25) is 0 Å². The van der Waals surface area contributed by atoms with Crippen LogP contribution in [0.4, 0.5) is 0 Å². The number of hydrogen-bond acceptors (Lipinski definition) is 5. The zero-order chi connectivity index (χ0) is 13.7. The van der Waals surface area contributed by atoms with Crippen LogP contribution in [0.2, 0.25) is 5.02 Å². The fourth-order valence-corrected chi connectivity index (χ4v) is 1.41. The Morgan fingerprint density at radius 3 is 2.56 bits per heavy atom. The number of benzene rings is 1. The topological polar surface area (TPSA) is 72.8 Å². The molecule has 0 aliphatic heterocycles. The molecule has 5 nitrogen and oxygen atoms in total. The van der Waals surface area contributed by atoms with E-state index >= 15 is 0 Å². The summed E-state index contributed by atoms with van der Waals surface area (Å²) in [5.41, 5.74) is 0.210. The maximum Gasteiger partial charge on any atom is 0.378 e. The minimum Gasteiger partial charge on any atom is -0.507 e. The van der Waals surface area contributed by atoms with Crippen LogP contribution in [0.25, 0.3) is 5.76 Å². The van der Waals surface area contributed by atoms with Gasteiger partial charge >= 0.3 is 5.97 Å². The van der Waals surface area contributed by atoms with Gasteiger partial charge in [0.05, 0.1) is 19.8 Å². The fourth-order valence-electron chi connectivity index (χ4n) is 1.24. The van der Waals surface area contributed by atoms with Crippen molar-refractivity contribution in [3.8, 4) is 5.75 Å². The van der Waals surface area contributed by atoms with Gasteiger partial charge in [-0.1, -0.05) is 11.6 Å². The van der Waals surface area contributed by atoms with Gasteiger partial charge in [0.25, 0.3) is 5.78 Å². The van der Waals surface area contributed by atoms with Crippen LogP contribution in [0.15, 0.2) is 24.3 Å². The van der Waals surface area contributed by atoms with E-state index in [1.165, 1.54) is 19.2 Å². The third-order valence-electron chi connectivity index (χ3n) is 2.09. The minimum absolute atomic E-state index is 0.210. The maximum absolute atomic E-state index is 11.3. The van der Waals surface area contributed by atoms with Crippen molar-refractivity contribution in [2.45, 2.75) is 0 Å². The lowest BCUT2D eigenvalue weighted by Crippen LogP contribution is -2.13. The van der Waals surface area contributed by atoms with E-state index in [0.717, 1.165) is 13.2 Å². The number of carbonyl (C=O) groups is 2. The standard InChI is InChI=1S/C12H11ClO5/c1-17-11-4-3-7(13)5-8(11)9(14)6-10(15)12(16)18-2/h3-6,14H,1-2H3/b9-6-. The van der Waals surface area contributed by atoms with Crippen molar-refractivity contribution in [1.82, 2.24) is 0 Å². The van der Waals surface area contributed by atoms with Crippen LogP contribution in [-0.4, -0.2) is 31.1 Å². The maximum atomic E-state index is 11.3. The highest BCUT2D eigenvalue weighted by Crippen LogP contribution is 2.27. The molecule has 0 aliphatic rings. The number of ether oxygens (including phenoxy) is 2. The third-order valence-corrected chi connectivity index (χ3v) is 2.33. The summed E-state index contributed by atoms with van der Waals surface area (Å²) < 4.78 is 9.23. The zero-order valence-electron chi connectivity index (χ0n) is 9.77. The van der Waals surface area contributed by atoms with Crippen molar-refractivity contribution in [1.29, 1.82) is 0 Å². The van der Waals surface area contributed by atoms with E-state index in [4.69, 9.17) is 16.3 Å². The van der Waals surface area contributed by atoms with E-state index in [2.05, 4.69) is 4.74 Å². The van der Waals surface area contributed by atoms with Crippen LogP contribution in [0.3, 0.4) is 0 Å². The summed E-state index contributed by atoms with van der Waals surface area (Å²) in [6, 6.07) is 4.51. The quantitative estimate of drug-likeness (QED) is 0.392. The van der Waals surface area contributed by atoms with Gasteiger partial charge in [0.15, 0.2) is 0 Å². The Morgan fingerprint density at radius 2 is 2.00 bits per heavy atom. The molecule has 6 heteroatoms. The monoisotopic (exact) mass is 270 g/mol. The van der Waals surface area contributed by atoms with Crippen LogP contribution in [0.1, 0.15) is 5.56 Å². The first-order valence-corrected chi connectivity index (χ1v) is 5.24. The average molecular weight is 271 g/mol. The number of rotatable bonds is 4. The van der Waals surface area contributed by atoms with Crippen LogP contribution < -0.4 is 4.74 Å². The second-order valence-corrected chi connectivity index (χ2v) is 3.67. The van der Waals surface area contributed by atoms with Crippen molar-refractivity contribution in [2.75, 3.05) is 14.2 Å². The van der Waals surface area contributed by atoms with Gasteiger partial charge in [0, 0.05) is 11.1 Å². The van der Waals surface area contributed by atoms with Gasteiger partial charge in [-0.2, -0.15) is 0 Å². The lowest BCUT2D eigenvalue weighted by atomic mass is 10.1. The summed E-state index contributed by atoms with van der Waals surface area (Å²) in [6.45, 7) is 0. The zero-order valence-corrected chi connectivity index (χ0v) is 10.5. The van der Waals surface area contributed by atoms with Crippen LogP contribution >= 0.6 is 11.6 Å². The van der Waals surface area contributed by atoms with E-state index < -0.39 is 17.5 Å². The lowest BCUT2D eigenvalue weighted by molar-refractivity contribution is -0.149. The summed E-state index contributed by atoms with van der Waals surface area (Å²) in [5.74, 6) is -2.14. The Balaban J connectivity index is 3.13. The normalized spacial score (nSPS) is 10.9.